The monoisotopic (exact) mass is 400 g/mol. The number of nitrogens with one attached hydrogen (secondary N) is 1. The quantitative estimate of drug-likeness (QED) is 0.852. The van der Waals surface area contributed by atoms with Crippen LogP contribution in [0.25, 0.3) is 11.3 Å². The van der Waals surface area contributed by atoms with Crippen molar-refractivity contribution in [2.75, 3.05) is 32.8 Å². The summed E-state index contributed by atoms with van der Waals surface area (Å²) >= 11 is 0. The summed E-state index contributed by atoms with van der Waals surface area (Å²) in [6.07, 6.45) is -0.344. The topological polar surface area (TPSA) is 87.8 Å². The molecular formula is C21H28N4O4. The third-order valence-corrected chi connectivity index (χ3v) is 4.49. The summed E-state index contributed by atoms with van der Waals surface area (Å²) < 4.78 is 10.8. The molecule has 2 aromatic rings. The van der Waals surface area contributed by atoms with E-state index in [1.807, 2.05) is 52.0 Å². The Kier molecular flexibility index (Phi) is 6.10. The standard InChI is InChI=1S/C21H28N4O4/c1-5-28-16-8-6-15(7-9-16)17-14-18(23-22-17)19(26)24-10-12-25(13-11-24)20(27)29-21(2,3)4/h6-9,14H,5,10-13H2,1-4H3,(H,22,23). The molecule has 0 atom stereocenters. The van der Waals surface area contributed by atoms with Gasteiger partial charge >= 0.3 is 6.09 Å². The van der Waals surface area contributed by atoms with Crippen molar-refractivity contribution in [1.29, 1.82) is 0 Å². The van der Waals surface area contributed by atoms with Crippen LogP contribution in [0.3, 0.4) is 0 Å². The minimum absolute atomic E-state index is 0.126. The van der Waals surface area contributed by atoms with Crippen LogP contribution in [0, 0.1) is 0 Å². The van der Waals surface area contributed by atoms with E-state index in [0.717, 1.165) is 11.3 Å². The van der Waals surface area contributed by atoms with Crippen LogP contribution in [0.5, 0.6) is 5.75 Å². The Balaban J connectivity index is 1.59. The van der Waals surface area contributed by atoms with E-state index >= 15 is 0 Å². The first-order valence-corrected chi connectivity index (χ1v) is 9.82. The summed E-state index contributed by atoms with van der Waals surface area (Å²) in [5.41, 5.74) is 1.50. The molecular weight excluding hydrogens is 372 g/mol. The van der Waals surface area contributed by atoms with Crippen LogP contribution in [0.15, 0.2) is 30.3 Å². The van der Waals surface area contributed by atoms with Crippen LogP contribution in [-0.4, -0.2) is 70.4 Å². The molecule has 0 saturated carbocycles. The van der Waals surface area contributed by atoms with Gasteiger partial charge in [0.2, 0.25) is 0 Å². The lowest BCUT2D eigenvalue weighted by atomic mass is 10.1. The van der Waals surface area contributed by atoms with Crippen molar-refractivity contribution in [3.8, 4) is 17.0 Å². The average Bonchev–Trinajstić information content (AvgIpc) is 3.17. The van der Waals surface area contributed by atoms with Crippen molar-refractivity contribution in [2.24, 2.45) is 0 Å². The number of carbonyl (C=O) groups is 2. The highest BCUT2D eigenvalue weighted by Gasteiger charge is 2.28. The number of nitrogens with zero attached hydrogens (tertiary/aromatic N) is 3. The van der Waals surface area contributed by atoms with E-state index in [9.17, 15) is 9.59 Å². The molecule has 0 spiro atoms. The summed E-state index contributed by atoms with van der Waals surface area (Å²) in [7, 11) is 0. The van der Waals surface area contributed by atoms with Gasteiger partial charge in [-0.3, -0.25) is 9.89 Å². The van der Waals surface area contributed by atoms with E-state index in [1.165, 1.54) is 0 Å². The van der Waals surface area contributed by atoms with Gasteiger partial charge in [-0.1, -0.05) is 0 Å². The molecule has 1 saturated heterocycles. The summed E-state index contributed by atoms with van der Waals surface area (Å²) in [6, 6.07) is 9.33. The largest absolute Gasteiger partial charge is 0.494 e. The molecule has 0 radical (unpaired) electrons. The maximum absolute atomic E-state index is 12.8. The van der Waals surface area contributed by atoms with Gasteiger partial charge in [-0.25, -0.2) is 4.79 Å². The molecule has 2 amide bonds. The predicted molar refractivity (Wildman–Crippen MR) is 109 cm³/mol. The Morgan fingerprint density at radius 1 is 1.07 bits per heavy atom. The maximum Gasteiger partial charge on any atom is 0.410 e. The molecule has 0 bridgehead atoms. The van der Waals surface area contributed by atoms with Crippen LogP contribution >= 0.6 is 0 Å². The first kappa shape index (κ1) is 20.7. The van der Waals surface area contributed by atoms with Crippen molar-refractivity contribution in [3.63, 3.8) is 0 Å². The van der Waals surface area contributed by atoms with E-state index in [-0.39, 0.29) is 12.0 Å². The van der Waals surface area contributed by atoms with Gasteiger partial charge in [0, 0.05) is 31.7 Å². The SMILES string of the molecule is CCOc1ccc(-c2cc(C(=O)N3CCN(C(=O)OC(C)(C)C)CC3)[nH]n2)cc1. The fourth-order valence-electron chi connectivity index (χ4n) is 3.06. The van der Waals surface area contributed by atoms with E-state index in [1.54, 1.807) is 15.9 Å². The van der Waals surface area contributed by atoms with Crippen molar-refractivity contribution in [2.45, 2.75) is 33.3 Å². The Morgan fingerprint density at radius 2 is 1.69 bits per heavy atom. The molecule has 1 aliphatic rings. The van der Waals surface area contributed by atoms with Crippen LogP contribution < -0.4 is 4.74 Å². The molecule has 29 heavy (non-hydrogen) atoms. The van der Waals surface area contributed by atoms with E-state index in [0.29, 0.717) is 44.2 Å². The van der Waals surface area contributed by atoms with Gasteiger partial charge in [-0.15, -0.1) is 0 Å². The number of ether oxygens (including phenoxy) is 2. The second kappa shape index (κ2) is 8.55. The number of benzene rings is 1. The summed E-state index contributed by atoms with van der Waals surface area (Å²) in [5.74, 6) is 0.671. The number of aromatic nitrogens is 2. The first-order valence-electron chi connectivity index (χ1n) is 9.82. The Morgan fingerprint density at radius 3 is 2.28 bits per heavy atom. The highest BCUT2D eigenvalue weighted by Crippen LogP contribution is 2.22. The molecule has 0 unspecified atom stereocenters. The van der Waals surface area contributed by atoms with Gasteiger partial charge in [-0.05, 0) is 58.0 Å². The number of amides is 2. The number of hydrogen-bond donors (Lipinski definition) is 1. The van der Waals surface area contributed by atoms with Crippen molar-refractivity contribution < 1.29 is 19.1 Å². The third kappa shape index (κ3) is 5.28. The molecule has 8 heteroatoms. The fourth-order valence-corrected chi connectivity index (χ4v) is 3.06. The highest BCUT2D eigenvalue weighted by atomic mass is 16.6. The molecule has 1 N–H and O–H groups in total. The first-order chi connectivity index (χ1) is 13.8. The molecule has 0 aliphatic carbocycles. The van der Waals surface area contributed by atoms with Crippen molar-refractivity contribution in [3.05, 3.63) is 36.0 Å². The van der Waals surface area contributed by atoms with Gasteiger partial charge in [-0.2, -0.15) is 5.10 Å². The highest BCUT2D eigenvalue weighted by molar-refractivity contribution is 5.93. The lowest BCUT2D eigenvalue weighted by Gasteiger charge is -2.35. The zero-order valence-corrected chi connectivity index (χ0v) is 17.4. The van der Waals surface area contributed by atoms with E-state index < -0.39 is 5.60 Å². The number of piperazine rings is 1. The molecule has 3 rings (SSSR count). The van der Waals surface area contributed by atoms with Crippen molar-refractivity contribution in [1.82, 2.24) is 20.0 Å². The lowest BCUT2D eigenvalue weighted by Crippen LogP contribution is -2.51. The van der Waals surface area contributed by atoms with Crippen LogP contribution in [0.1, 0.15) is 38.2 Å². The van der Waals surface area contributed by atoms with E-state index in [2.05, 4.69) is 10.2 Å². The van der Waals surface area contributed by atoms with Gasteiger partial charge in [0.1, 0.15) is 17.0 Å². The normalized spacial score (nSPS) is 14.6. The van der Waals surface area contributed by atoms with Crippen molar-refractivity contribution >= 4 is 12.0 Å². The van der Waals surface area contributed by atoms with Crippen LogP contribution in [-0.2, 0) is 4.74 Å². The summed E-state index contributed by atoms with van der Waals surface area (Å²) in [4.78, 5) is 28.3. The molecule has 1 aromatic carbocycles. The number of aromatic amines is 1. The van der Waals surface area contributed by atoms with E-state index in [4.69, 9.17) is 9.47 Å². The number of rotatable bonds is 4. The minimum atomic E-state index is -0.531. The summed E-state index contributed by atoms with van der Waals surface area (Å²) in [5, 5.41) is 7.09. The number of hydrogen-bond acceptors (Lipinski definition) is 5. The van der Waals surface area contributed by atoms with Gasteiger partial charge in [0.15, 0.2) is 0 Å². The molecule has 1 aliphatic heterocycles. The molecule has 156 valence electrons. The number of H-pyrrole nitrogens is 1. The molecule has 1 aromatic heterocycles. The Labute approximate surface area is 170 Å². The zero-order valence-electron chi connectivity index (χ0n) is 17.4. The zero-order chi connectivity index (χ0) is 21.0. The van der Waals surface area contributed by atoms with Crippen LogP contribution in [0.4, 0.5) is 4.79 Å². The summed E-state index contributed by atoms with van der Waals surface area (Å²) in [6.45, 7) is 9.86. The fraction of sp³-hybridized carbons (Fsp3) is 0.476. The van der Waals surface area contributed by atoms with Gasteiger partial charge in [0.25, 0.3) is 5.91 Å². The Hall–Kier alpha value is -3.03. The predicted octanol–water partition coefficient (Wildman–Crippen LogP) is 3.17. The minimum Gasteiger partial charge on any atom is -0.494 e. The smallest absolute Gasteiger partial charge is 0.410 e. The molecule has 2 heterocycles. The maximum atomic E-state index is 12.8. The van der Waals surface area contributed by atoms with Gasteiger partial charge in [0.05, 0.1) is 12.3 Å². The Bertz CT molecular complexity index is 846. The second-order valence-corrected chi connectivity index (χ2v) is 7.88. The second-order valence-electron chi connectivity index (χ2n) is 7.88. The molecule has 8 nitrogen and oxygen atoms in total. The van der Waals surface area contributed by atoms with Gasteiger partial charge < -0.3 is 19.3 Å². The third-order valence-electron chi connectivity index (χ3n) is 4.49. The number of carbonyl (C=O) groups excluding carboxylic acids is 2. The average molecular weight is 400 g/mol. The van der Waals surface area contributed by atoms with Crippen LogP contribution in [0.2, 0.25) is 0 Å². The lowest BCUT2D eigenvalue weighted by molar-refractivity contribution is 0.0140. The molecule has 1 fully saturated rings.